The van der Waals surface area contributed by atoms with Crippen molar-refractivity contribution in [3.8, 4) is 0 Å². The van der Waals surface area contributed by atoms with Crippen molar-refractivity contribution < 1.29 is 26.4 Å². The quantitative estimate of drug-likeness (QED) is 0.825. The van der Waals surface area contributed by atoms with E-state index in [-0.39, 0.29) is 0 Å². The first-order chi connectivity index (χ1) is 11.1. The van der Waals surface area contributed by atoms with E-state index >= 15 is 0 Å². The number of para-hydroxylation sites is 1. The van der Waals surface area contributed by atoms with Crippen LogP contribution in [0.3, 0.4) is 0 Å². The van der Waals surface area contributed by atoms with Gasteiger partial charge in [-0.15, -0.1) is 0 Å². The van der Waals surface area contributed by atoms with Crippen LogP contribution >= 0.6 is 0 Å². The zero-order chi connectivity index (χ0) is 18.0. The number of halogens is 3. The minimum absolute atomic E-state index is 0.489. The molecule has 0 aromatic heterocycles. The lowest BCUT2D eigenvalue weighted by Crippen LogP contribution is -2.45. The van der Waals surface area contributed by atoms with Crippen molar-refractivity contribution in [3.63, 3.8) is 0 Å². The number of likely N-dealkylation sites (tertiary alicyclic amines) is 1. The van der Waals surface area contributed by atoms with Crippen LogP contribution in [0.25, 0.3) is 0 Å². The Kier molecular flexibility index (Phi) is 5.42. The molecule has 1 fully saturated rings. The van der Waals surface area contributed by atoms with Crippen LogP contribution in [0, 0.1) is 0 Å². The fraction of sp³-hybridized carbons (Fsp3) is 0.533. The number of hydrogen-bond acceptors (Lipinski definition) is 3. The normalized spacial score (nSPS) is 16.1. The van der Waals surface area contributed by atoms with Gasteiger partial charge in [0.25, 0.3) is 0 Å². The Morgan fingerprint density at radius 1 is 1.17 bits per heavy atom. The highest BCUT2D eigenvalue weighted by Gasteiger charge is 2.37. The van der Waals surface area contributed by atoms with Crippen LogP contribution in [-0.4, -0.2) is 45.1 Å². The van der Waals surface area contributed by atoms with E-state index in [1.807, 2.05) is 0 Å². The Bertz CT molecular complexity index is 698. The van der Waals surface area contributed by atoms with E-state index in [1.165, 1.54) is 17.0 Å². The van der Waals surface area contributed by atoms with Crippen molar-refractivity contribution in [1.29, 1.82) is 0 Å². The molecule has 2 rings (SSSR count). The molecule has 0 radical (unpaired) electrons. The molecule has 0 spiro atoms. The Morgan fingerprint density at radius 2 is 1.75 bits per heavy atom. The maximum absolute atomic E-state index is 13.2. The van der Waals surface area contributed by atoms with Gasteiger partial charge in [0, 0.05) is 13.1 Å². The van der Waals surface area contributed by atoms with Gasteiger partial charge < -0.3 is 4.90 Å². The molecule has 0 unspecified atom stereocenters. The molecule has 0 aliphatic carbocycles. The molecule has 1 aromatic carbocycles. The van der Waals surface area contributed by atoms with Gasteiger partial charge in [-0.1, -0.05) is 12.1 Å². The Hall–Kier alpha value is -1.77. The van der Waals surface area contributed by atoms with Crippen molar-refractivity contribution >= 4 is 21.6 Å². The predicted octanol–water partition coefficient (Wildman–Crippen LogP) is 2.48. The highest BCUT2D eigenvalue weighted by molar-refractivity contribution is 7.92. The maximum atomic E-state index is 13.2. The summed E-state index contributed by atoms with van der Waals surface area (Å²) in [7, 11) is -4.05. The second-order valence-electron chi connectivity index (χ2n) is 5.73. The van der Waals surface area contributed by atoms with Crippen LogP contribution in [-0.2, 0) is 21.0 Å². The lowest BCUT2D eigenvalue weighted by molar-refractivity contribution is -0.137. The number of benzene rings is 1. The number of nitrogens with zero attached hydrogens (tertiary/aromatic N) is 2. The number of amides is 1. The minimum Gasteiger partial charge on any atom is -0.341 e. The molecule has 1 aliphatic heterocycles. The summed E-state index contributed by atoms with van der Waals surface area (Å²) in [4.78, 5) is 13.8. The van der Waals surface area contributed by atoms with E-state index in [4.69, 9.17) is 0 Å². The molecular weight excluding hydrogens is 345 g/mol. The summed E-state index contributed by atoms with van der Waals surface area (Å²) in [5.41, 5.74) is -1.61. The van der Waals surface area contributed by atoms with E-state index in [2.05, 4.69) is 0 Å². The number of anilines is 1. The summed E-state index contributed by atoms with van der Waals surface area (Å²) in [5, 5.41) is 0. The molecular formula is C15H19F3N2O3S. The molecule has 1 amide bonds. The number of carbonyl (C=O) groups is 1. The fourth-order valence-corrected chi connectivity index (χ4v) is 3.54. The minimum atomic E-state index is -4.71. The highest BCUT2D eigenvalue weighted by Crippen LogP contribution is 2.37. The van der Waals surface area contributed by atoms with Crippen LogP contribution in [0.5, 0.6) is 0 Å². The Labute approximate surface area is 139 Å². The third-order valence-electron chi connectivity index (χ3n) is 3.87. The molecule has 1 aliphatic rings. The molecule has 0 bridgehead atoms. The number of sulfonamides is 1. The van der Waals surface area contributed by atoms with Crippen LogP contribution in [0.15, 0.2) is 24.3 Å². The van der Waals surface area contributed by atoms with Gasteiger partial charge in [-0.05, 0) is 31.4 Å². The molecule has 0 N–H and O–H groups in total. The lowest BCUT2D eigenvalue weighted by atomic mass is 10.1. The van der Waals surface area contributed by atoms with Crippen LogP contribution < -0.4 is 4.31 Å². The summed E-state index contributed by atoms with van der Waals surface area (Å²) in [5.74, 6) is -0.489. The zero-order valence-corrected chi connectivity index (χ0v) is 14.0. The molecule has 0 atom stereocenters. The monoisotopic (exact) mass is 364 g/mol. The molecule has 1 saturated heterocycles. The summed E-state index contributed by atoms with van der Waals surface area (Å²) in [6, 6.07) is 4.36. The fourth-order valence-electron chi connectivity index (χ4n) is 2.68. The largest absolute Gasteiger partial charge is 0.418 e. The second-order valence-corrected chi connectivity index (χ2v) is 7.63. The van der Waals surface area contributed by atoms with Crippen LogP contribution in [0.2, 0.25) is 0 Å². The van der Waals surface area contributed by atoms with Crippen molar-refractivity contribution in [3.05, 3.63) is 29.8 Å². The summed E-state index contributed by atoms with van der Waals surface area (Å²) < 4.78 is 64.1. The molecule has 5 nitrogen and oxygen atoms in total. The summed E-state index contributed by atoms with van der Waals surface area (Å²) in [6.07, 6.45) is -1.32. The van der Waals surface area contributed by atoms with E-state index in [1.54, 1.807) is 0 Å². The predicted molar refractivity (Wildman–Crippen MR) is 84.1 cm³/mol. The van der Waals surface area contributed by atoms with Crippen molar-refractivity contribution in [2.75, 3.05) is 30.2 Å². The van der Waals surface area contributed by atoms with Gasteiger partial charge in [0.2, 0.25) is 15.9 Å². The first kappa shape index (κ1) is 18.6. The zero-order valence-electron chi connectivity index (χ0n) is 13.2. The SMILES string of the molecule is CS(=O)(=O)N(CC(=O)N1CCCCC1)c1ccccc1C(F)(F)F. The standard InChI is InChI=1S/C15H19F3N2O3S/c1-24(22,23)20(11-14(21)19-9-5-2-6-10-19)13-8-4-3-7-12(13)15(16,17)18/h3-4,7-8H,2,5-6,9-11H2,1H3. The molecule has 134 valence electrons. The van der Waals surface area contributed by atoms with Gasteiger partial charge >= 0.3 is 6.18 Å². The molecule has 24 heavy (non-hydrogen) atoms. The van der Waals surface area contributed by atoms with Gasteiger partial charge in [0.05, 0.1) is 17.5 Å². The van der Waals surface area contributed by atoms with Gasteiger partial charge in [0.15, 0.2) is 0 Å². The number of rotatable bonds is 4. The van der Waals surface area contributed by atoms with E-state index in [9.17, 15) is 26.4 Å². The van der Waals surface area contributed by atoms with Gasteiger partial charge in [0.1, 0.15) is 6.54 Å². The lowest BCUT2D eigenvalue weighted by Gasteiger charge is -2.30. The first-order valence-corrected chi connectivity index (χ1v) is 9.37. The van der Waals surface area contributed by atoms with Crippen molar-refractivity contribution in [1.82, 2.24) is 4.90 Å². The van der Waals surface area contributed by atoms with E-state index < -0.39 is 39.9 Å². The third-order valence-corrected chi connectivity index (χ3v) is 4.99. The van der Waals surface area contributed by atoms with Crippen LogP contribution in [0.1, 0.15) is 24.8 Å². The number of alkyl halides is 3. The second kappa shape index (κ2) is 7.00. The summed E-state index contributed by atoms with van der Waals surface area (Å²) >= 11 is 0. The van der Waals surface area contributed by atoms with Gasteiger partial charge in [-0.3, -0.25) is 9.10 Å². The van der Waals surface area contributed by atoms with Crippen LogP contribution in [0.4, 0.5) is 18.9 Å². The summed E-state index contributed by atoms with van der Waals surface area (Å²) in [6.45, 7) is 0.362. The maximum Gasteiger partial charge on any atom is 0.418 e. The molecule has 1 heterocycles. The van der Waals surface area contributed by atoms with Gasteiger partial charge in [-0.25, -0.2) is 8.42 Å². The van der Waals surface area contributed by atoms with Gasteiger partial charge in [-0.2, -0.15) is 13.2 Å². The third kappa shape index (κ3) is 4.40. The van der Waals surface area contributed by atoms with E-state index in [0.717, 1.165) is 37.7 Å². The topological polar surface area (TPSA) is 57.7 Å². The number of piperidine rings is 1. The average Bonchev–Trinajstić information content (AvgIpc) is 2.51. The average molecular weight is 364 g/mol. The number of hydrogen-bond donors (Lipinski definition) is 0. The first-order valence-electron chi connectivity index (χ1n) is 7.52. The molecule has 9 heteroatoms. The van der Waals surface area contributed by atoms with Crippen molar-refractivity contribution in [2.45, 2.75) is 25.4 Å². The van der Waals surface area contributed by atoms with Crippen molar-refractivity contribution in [2.24, 2.45) is 0 Å². The Balaban J connectivity index is 2.36. The van der Waals surface area contributed by atoms with E-state index in [0.29, 0.717) is 17.4 Å². The molecule has 1 aromatic rings. The Morgan fingerprint density at radius 3 is 2.29 bits per heavy atom. The molecule has 0 saturated carbocycles. The smallest absolute Gasteiger partial charge is 0.341 e. The number of carbonyl (C=O) groups excluding carboxylic acids is 1. The highest BCUT2D eigenvalue weighted by atomic mass is 32.2.